The van der Waals surface area contributed by atoms with Crippen LogP contribution in [0.5, 0.6) is 0 Å². The summed E-state index contributed by atoms with van der Waals surface area (Å²) < 4.78 is 28.3. The molecule has 1 aliphatic rings. The molecule has 7 heteroatoms. The molecule has 15 heavy (non-hydrogen) atoms. The van der Waals surface area contributed by atoms with Crippen LogP contribution in [0.2, 0.25) is 0 Å². The highest BCUT2D eigenvalue weighted by Crippen LogP contribution is 2.36. The van der Waals surface area contributed by atoms with E-state index >= 15 is 0 Å². The molecule has 0 radical (unpaired) electrons. The topological polar surface area (TPSA) is 84.5 Å². The summed E-state index contributed by atoms with van der Waals surface area (Å²) in [5.74, 6) is 0.0879. The predicted molar refractivity (Wildman–Crippen MR) is 61.7 cm³/mol. The second-order valence-electron chi connectivity index (χ2n) is 3.25. The largest absolute Gasteiger partial charge is 0.382 e. The Balaban J connectivity index is 2.70. The summed E-state index contributed by atoms with van der Waals surface area (Å²) in [6.07, 6.45) is 0.815. The van der Waals surface area contributed by atoms with Crippen LogP contribution in [-0.4, -0.2) is 14.3 Å². The molecular weight excluding hydrogens is 234 g/mol. The first-order chi connectivity index (χ1) is 6.94. The predicted octanol–water partition coefficient (Wildman–Crippen LogP) is 0.995. The lowest BCUT2D eigenvalue weighted by Gasteiger charge is -2.12. The van der Waals surface area contributed by atoms with Crippen LogP contribution in [-0.2, 0) is 16.6 Å². The van der Waals surface area contributed by atoms with Crippen molar-refractivity contribution in [3.63, 3.8) is 0 Å². The fourth-order valence-corrected chi connectivity index (χ4v) is 3.88. The van der Waals surface area contributed by atoms with Gasteiger partial charge in [0.2, 0.25) is 0 Å². The smallest absolute Gasteiger partial charge is 0.344 e. The van der Waals surface area contributed by atoms with E-state index in [4.69, 9.17) is 5.73 Å². The molecule has 2 heterocycles. The summed E-state index contributed by atoms with van der Waals surface area (Å²) in [7, 11) is -3.63. The molecular formula is C8H11N3O2S2. The normalized spacial score (nSPS) is 17.9. The van der Waals surface area contributed by atoms with Gasteiger partial charge in [-0.25, -0.2) is 0 Å². The zero-order valence-electron chi connectivity index (χ0n) is 8.36. The van der Waals surface area contributed by atoms with Gasteiger partial charge in [-0.05, 0) is 18.9 Å². The minimum atomic E-state index is -3.63. The monoisotopic (exact) mass is 245 g/mol. The molecule has 2 rings (SSSR count). The molecule has 82 valence electrons. The molecule has 0 fully saturated rings. The number of amidine groups is 1. The number of nitrogens with one attached hydrogen (secondary N) is 1. The maximum Gasteiger partial charge on any atom is 0.344 e. The Labute approximate surface area is 92.2 Å². The molecule has 5 nitrogen and oxygen atoms in total. The van der Waals surface area contributed by atoms with Gasteiger partial charge in [0.15, 0.2) is 0 Å². The van der Waals surface area contributed by atoms with Crippen molar-refractivity contribution in [2.45, 2.75) is 20.3 Å². The number of nitrogens with zero attached hydrogens (tertiary/aromatic N) is 1. The van der Waals surface area contributed by atoms with Gasteiger partial charge in [-0.2, -0.15) is 8.42 Å². The van der Waals surface area contributed by atoms with Crippen molar-refractivity contribution < 1.29 is 8.42 Å². The summed E-state index contributed by atoms with van der Waals surface area (Å²) in [5, 5.41) is 0.580. The first-order valence-electron chi connectivity index (χ1n) is 4.45. The Morgan fingerprint density at radius 2 is 2.20 bits per heavy atom. The van der Waals surface area contributed by atoms with Crippen molar-refractivity contribution >= 4 is 32.4 Å². The fraction of sp³-hybridized carbons (Fsp3) is 0.375. The van der Waals surface area contributed by atoms with E-state index in [0.29, 0.717) is 5.00 Å². The third-order valence-electron chi connectivity index (χ3n) is 2.26. The third kappa shape index (κ3) is 1.61. The van der Waals surface area contributed by atoms with Crippen LogP contribution in [0.3, 0.4) is 0 Å². The van der Waals surface area contributed by atoms with Gasteiger partial charge in [-0.15, -0.1) is 15.7 Å². The number of hydrogen-bond donors (Lipinski definition) is 2. The van der Waals surface area contributed by atoms with Crippen molar-refractivity contribution in [1.29, 1.82) is 0 Å². The van der Waals surface area contributed by atoms with E-state index in [-0.39, 0.29) is 5.84 Å². The van der Waals surface area contributed by atoms with Gasteiger partial charge in [-0.1, -0.05) is 6.92 Å². The van der Waals surface area contributed by atoms with Gasteiger partial charge in [0.05, 0.1) is 5.56 Å². The standard InChI is InChI=1S/C8H11N3O2S2/c1-3-5-4(2)14-8-6(5)7(9)10-15(12,13)11-8/h11H,3H2,1-2H3,(H2,9,10). The quantitative estimate of drug-likeness (QED) is 0.774. The molecule has 0 bridgehead atoms. The van der Waals surface area contributed by atoms with E-state index in [0.717, 1.165) is 22.4 Å². The summed E-state index contributed by atoms with van der Waals surface area (Å²) in [6.45, 7) is 3.95. The lowest BCUT2D eigenvalue weighted by molar-refractivity contribution is 0.603. The second-order valence-corrected chi connectivity index (χ2v) is 5.81. The van der Waals surface area contributed by atoms with Gasteiger partial charge in [0.25, 0.3) is 0 Å². The maximum atomic E-state index is 11.3. The second kappa shape index (κ2) is 3.21. The minimum Gasteiger partial charge on any atom is -0.382 e. The molecule has 1 aliphatic heterocycles. The van der Waals surface area contributed by atoms with Crippen molar-refractivity contribution in [2.75, 3.05) is 4.72 Å². The first-order valence-corrected chi connectivity index (χ1v) is 6.71. The van der Waals surface area contributed by atoms with Crippen LogP contribution in [0.15, 0.2) is 4.40 Å². The van der Waals surface area contributed by atoms with Crippen LogP contribution in [0, 0.1) is 6.92 Å². The van der Waals surface area contributed by atoms with E-state index < -0.39 is 10.2 Å². The number of anilines is 1. The number of thiophene rings is 1. The molecule has 0 spiro atoms. The lowest BCUT2D eigenvalue weighted by Crippen LogP contribution is -2.25. The van der Waals surface area contributed by atoms with Gasteiger partial charge in [0.1, 0.15) is 10.8 Å². The summed E-state index contributed by atoms with van der Waals surface area (Å²) in [4.78, 5) is 1.07. The molecule has 0 aliphatic carbocycles. The Morgan fingerprint density at radius 1 is 1.53 bits per heavy atom. The molecule has 0 atom stereocenters. The SMILES string of the molecule is CCc1c(C)sc2c1C(N)=NS(=O)(=O)N2. The Kier molecular flexibility index (Phi) is 2.23. The highest BCUT2D eigenvalue weighted by molar-refractivity contribution is 7.91. The van der Waals surface area contributed by atoms with E-state index in [1.54, 1.807) is 0 Å². The van der Waals surface area contributed by atoms with E-state index in [9.17, 15) is 8.42 Å². The lowest BCUT2D eigenvalue weighted by atomic mass is 10.1. The van der Waals surface area contributed by atoms with Crippen LogP contribution >= 0.6 is 11.3 Å². The Bertz CT molecular complexity index is 542. The summed E-state index contributed by atoms with van der Waals surface area (Å²) in [5.41, 5.74) is 7.46. The highest BCUT2D eigenvalue weighted by Gasteiger charge is 2.26. The number of rotatable bonds is 1. The zero-order chi connectivity index (χ0) is 11.2. The maximum absolute atomic E-state index is 11.3. The Hall–Kier alpha value is -1.08. The molecule has 0 unspecified atom stereocenters. The highest BCUT2D eigenvalue weighted by atomic mass is 32.2. The summed E-state index contributed by atoms with van der Waals surface area (Å²) in [6, 6.07) is 0. The Morgan fingerprint density at radius 3 is 2.80 bits per heavy atom. The van der Waals surface area contributed by atoms with Crippen molar-refractivity contribution in [3.05, 3.63) is 16.0 Å². The molecule has 0 amide bonds. The van der Waals surface area contributed by atoms with Crippen LogP contribution < -0.4 is 10.5 Å². The van der Waals surface area contributed by atoms with Gasteiger partial charge < -0.3 is 5.73 Å². The average Bonchev–Trinajstić information content (AvgIpc) is 2.38. The number of hydrogen-bond acceptors (Lipinski definition) is 4. The van der Waals surface area contributed by atoms with E-state index in [2.05, 4.69) is 9.12 Å². The van der Waals surface area contributed by atoms with Crippen LogP contribution in [0.25, 0.3) is 0 Å². The molecule has 1 aromatic heterocycles. The van der Waals surface area contributed by atoms with E-state index in [1.165, 1.54) is 11.3 Å². The number of nitrogens with two attached hydrogens (primary N) is 1. The van der Waals surface area contributed by atoms with Crippen molar-refractivity contribution in [2.24, 2.45) is 10.1 Å². The van der Waals surface area contributed by atoms with Gasteiger partial charge >= 0.3 is 10.2 Å². The summed E-state index contributed by atoms with van der Waals surface area (Å²) >= 11 is 1.40. The zero-order valence-corrected chi connectivity index (χ0v) is 10.00. The van der Waals surface area contributed by atoms with Crippen LogP contribution in [0.4, 0.5) is 5.00 Å². The van der Waals surface area contributed by atoms with Gasteiger partial charge in [0, 0.05) is 4.88 Å². The minimum absolute atomic E-state index is 0.0879. The fourth-order valence-electron chi connectivity index (χ4n) is 1.66. The molecule has 3 N–H and O–H groups in total. The van der Waals surface area contributed by atoms with Gasteiger partial charge in [-0.3, -0.25) is 4.72 Å². The molecule has 0 aromatic carbocycles. The molecule has 1 aromatic rings. The third-order valence-corrected chi connectivity index (χ3v) is 4.35. The first kappa shape index (κ1) is 10.4. The average molecular weight is 245 g/mol. The van der Waals surface area contributed by atoms with Crippen molar-refractivity contribution in [3.8, 4) is 0 Å². The molecule has 0 saturated heterocycles. The van der Waals surface area contributed by atoms with Crippen molar-refractivity contribution in [1.82, 2.24) is 0 Å². The number of aryl methyl sites for hydroxylation is 1. The molecule has 0 saturated carbocycles. The van der Waals surface area contributed by atoms with E-state index in [1.807, 2.05) is 13.8 Å². The van der Waals surface area contributed by atoms with Crippen LogP contribution in [0.1, 0.15) is 22.9 Å². The number of fused-ring (bicyclic) bond motifs is 1.